The second-order valence-corrected chi connectivity index (χ2v) is 15.6. The van der Waals surface area contributed by atoms with Crippen LogP contribution < -0.4 is 16.4 Å². The van der Waals surface area contributed by atoms with Gasteiger partial charge in [-0.1, -0.05) is 93.2 Å². The number of likely N-dealkylation sites (tertiary alicyclic amines) is 1. The zero-order chi connectivity index (χ0) is 31.8. The minimum atomic E-state index is -0.610. The third-order valence-electron chi connectivity index (χ3n) is 10.7. The average molecular weight is 600 g/mol. The van der Waals surface area contributed by atoms with E-state index < -0.39 is 23.4 Å². The average Bonchev–Trinajstić information content (AvgIpc) is 2.96. The third kappa shape index (κ3) is 9.65. The largest absolute Gasteiger partial charge is 0.375 e. The van der Waals surface area contributed by atoms with Gasteiger partial charge in [-0.2, -0.15) is 0 Å². The molecular formula is C36H65N5O2. The Bertz CT molecular complexity index is 942. The first-order valence-electron chi connectivity index (χ1n) is 17.5. The molecule has 0 aromatic heterocycles. The summed E-state index contributed by atoms with van der Waals surface area (Å²) in [6.45, 7) is 24.7. The summed E-state index contributed by atoms with van der Waals surface area (Å²) in [4.78, 5) is 31.9. The van der Waals surface area contributed by atoms with Crippen molar-refractivity contribution >= 4 is 11.8 Å². The predicted molar refractivity (Wildman–Crippen MR) is 179 cm³/mol. The molecule has 3 aliphatic rings. The van der Waals surface area contributed by atoms with Gasteiger partial charge in [0, 0.05) is 25.3 Å². The van der Waals surface area contributed by atoms with Gasteiger partial charge in [-0.25, -0.2) is 0 Å². The summed E-state index contributed by atoms with van der Waals surface area (Å²) in [5.41, 5.74) is 6.58. The van der Waals surface area contributed by atoms with Gasteiger partial charge in [0.15, 0.2) is 0 Å². The summed E-state index contributed by atoms with van der Waals surface area (Å²) < 4.78 is 0. The number of rotatable bonds is 14. The number of hydrogen-bond acceptors (Lipinski definition) is 5. The van der Waals surface area contributed by atoms with Crippen LogP contribution in [0.15, 0.2) is 24.7 Å². The van der Waals surface area contributed by atoms with E-state index in [0.29, 0.717) is 24.8 Å². The van der Waals surface area contributed by atoms with E-state index >= 15 is 0 Å². The van der Waals surface area contributed by atoms with E-state index in [2.05, 4.69) is 70.2 Å². The summed E-state index contributed by atoms with van der Waals surface area (Å²) in [7, 11) is 0. The van der Waals surface area contributed by atoms with Crippen molar-refractivity contribution in [3.05, 3.63) is 24.7 Å². The van der Waals surface area contributed by atoms with Gasteiger partial charge < -0.3 is 26.2 Å². The Morgan fingerprint density at radius 1 is 0.953 bits per heavy atom. The molecule has 0 radical (unpaired) electrons. The fourth-order valence-corrected chi connectivity index (χ4v) is 7.72. The maximum Gasteiger partial charge on any atom is 0.246 e. The second kappa shape index (κ2) is 15.7. The third-order valence-corrected chi connectivity index (χ3v) is 10.7. The van der Waals surface area contributed by atoms with Crippen LogP contribution in [-0.2, 0) is 9.59 Å². The normalized spacial score (nSPS) is 23.5. The van der Waals surface area contributed by atoms with Crippen LogP contribution in [0.25, 0.3) is 0 Å². The Morgan fingerprint density at radius 2 is 1.56 bits per heavy atom. The lowest BCUT2D eigenvalue weighted by Gasteiger charge is -2.45. The molecule has 7 heteroatoms. The maximum absolute atomic E-state index is 14.8. The molecule has 0 bridgehead atoms. The highest BCUT2D eigenvalue weighted by molar-refractivity contribution is 5.89. The molecule has 2 aliphatic carbocycles. The summed E-state index contributed by atoms with van der Waals surface area (Å²) in [6.07, 6.45) is 15.6. The van der Waals surface area contributed by atoms with Crippen molar-refractivity contribution in [3.8, 4) is 0 Å². The van der Waals surface area contributed by atoms with Crippen molar-refractivity contribution in [1.29, 1.82) is 0 Å². The Hall–Kier alpha value is -2.18. The number of piperidine rings is 1. The van der Waals surface area contributed by atoms with Crippen molar-refractivity contribution in [2.75, 3.05) is 19.6 Å². The first-order chi connectivity index (χ1) is 20.3. The highest BCUT2D eigenvalue weighted by Gasteiger charge is 2.43. The van der Waals surface area contributed by atoms with Crippen LogP contribution in [0.5, 0.6) is 0 Å². The van der Waals surface area contributed by atoms with Gasteiger partial charge in [-0.15, -0.1) is 0 Å². The number of nitrogens with two attached hydrogens (primary N) is 1. The van der Waals surface area contributed by atoms with Crippen molar-refractivity contribution in [1.82, 2.24) is 20.4 Å². The highest BCUT2D eigenvalue weighted by atomic mass is 16.2. The smallest absolute Gasteiger partial charge is 0.246 e. The number of nitrogens with one attached hydrogen (secondary N) is 2. The molecule has 0 spiro atoms. The maximum atomic E-state index is 14.8. The van der Waals surface area contributed by atoms with Crippen LogP contribution in [-0.4, -0.2) is 59.4 Å². The Kier molecular flexibility index (Phi) is 12.9. The van der Waals surface area contributed by atoms with Gasteiger partial charge in [0.1, 0.15) is 12.1 Å². The minimum absolute atomic E-state index is 0.0133. The van der Waals surface area contributed by atoms with Gasteiger partial charge in [-0.05, 0) is 74.0 Å². The van der Waals surface area contributed by atoms with Gasteiger partial charge in [0.05, 0.1) is 11.9 Å². The van der Waals surface area contributed by atoms with Crippen LogP contribution >= 0.6 is 0 Å². The summed E-state index contributed by atoms with van der Waals surface area (Å²) in [5.74, 6) is 1.29. The number of carbonyl (C=O) groups excluding carboxylic acids is 2. The molecule has 3 rings (SSSR count). The molecule has 2 saturated carbocycles. The lowest BCUT2D eigenvalue weighted by molar-refractivity contribution is -0.145. The first-order valence-corrected chi connectivity index (χ1v) is 17.5. The quantitative estimate of drug-likeness (QED) is 0.207. The van der Waals surface area contributed by atoms with Gasteiger partial charge in [-0.3, -0.25) is 9.59 Å². The molecule has 2 amide bonds. The zero-order valence-corrected chi connectivity index (χ0v) is 28.6. The number of primary amides is 1. The first kappa shape index (κ1) is 35.3. The SMILES string of the molecule is C=C(NC(C(=O)N(C[C@H]1CCCCC1(C)C)C(CCC)C(N)=O)C(C)(C)C)C(NC(=C)N1CCCCC1)C1CCCCC1. The highest BCUT2D eigenvalue weighted by Crippen LogP contribution is 2.41. The molecule has 4 atom stereocenters. The Morgan fingerprint density at radius 3 is 2.12 bits per heavy atom. The van der Waals surface area contributed by atoms with Crippen LogP contribution in [0.2, 0.25) is 0 Å². The lowest BCUT2D eigenvalue weighted by atomic mass is 9.68. The molecule has 1 saturated heterocycles. The number of carbonyl (C=O) groups is 2. The van der Waals surface area contributed by atoms with Crippen LogP contribution in [0.4, 0.5) is 0 Å². The van der Waals surface area contributed by atoms with E-state index in [1.807, 2.05) is 4.90 Å². The minimum Gasteiger partial charge on any atom is -0.375 e. The van der Waals surface area contributed by atoms with E-state index in [1.54, 1.807) is 0 Å². The topological polar surface area (TPSA) is 90.7 Å². The summed E-state index contributed by atoms with van der Waals surface area (Å²) in [5, 5.41) is 7.47. The molecule has 0 aromatic rings. The fourth-order valence-electron chi connectivity index (χ4n) is 7.72. The zero-order valence-electron chi connectivity index (χ0n) is 28.6. The molecule has 0 aromatic carbocycles. The van der Waals surface area contributed by atoms with Crippen LogP contribution in [0.3, 0.4) is 0 Å². The fraction of sp³-hybridized carbons (Fsp3) is 0.833. The van der Waals surface area contributed by atoms with E-state index in [4.69, 9.17) is 5.73 Å². The van der Waals surface area contributed by atoms with Gasteiger partial charge >= 0.3 is 0 Å². The van der Waals surface area contributed by atoms with Crippen LogP contribution in [0, 0.1) is 22.7 Å². The molecule has 7 nitrogen and oxygen atoms in total. The molecule has 43 heavy (non-hydrogen) atoms. The number of amides is 2. The van der Waals surface area contributed by atoms with Crippen molar-refractivity contribution in [2.45, 2.75) is 150 Å². The number of hydrogen-bond donors (Lipinski definition) is 3. The van der Waals surface area contributed by atoms with Crippen molar-refractivity contribution in [2.24, 2.45) is 28.4 Å². The van der Waals surface area contributed by atoms with E-state index in [9.17, 15) is 9.59 Å². The molecular weight excluding hydrogens is 534 g/mol. The predicted octanol–water partition coefficient (Wildman–Crippen LogP) is 6.70. The van der Waals surface area contributed by atoms with Crippen LogP contribution in [0.1, 0.15) is 131 Å². The van der Waals surface area contributed by atoms with Crippen molar-refractivity contribution in [3.63, 3.8) is 0 Å². The molecule has 3 unspecified atom stereocenters. The van der Waals surface area contributed by atoms with E-state index in [0.717, 1.165) is 56.7 Å². The summed E-state index contributed by atoms with van der Waals surface area (Å²) >= 11 is 0. The Labute approximate surface area is 263 Å². The molecule has 1 heterocycles. The molecule has 1 aliphatic heterocycles. The number of nitrogens with zero attached hydrogens (tertiary/aromatic N) is 2. The monoisotopic (exact) mass is 600 g/mol. The molecule has 3 fully saturated rings. The summed E-state index contributed by atoms with van der Waals surface area (Å²) in [6, 6.07) is -1.16. The lowest BCUT2D eigenvalue weighted by Crippen LogP contribution is -2.60. The van der Waals surface area contributed by atoms with Gasteiger partial charge in [0.2, 0.25) is 11.8 Å². The molecule has 4 N–H and O–H groups in total. The Balaban J connectivity index is 1.90. The second-order valence-electron chi connectivity index (χ2n) is 15.6. The molecule has 246 valence electrons. The van der Waals surface area contributed by atoms with Gasteiger partial charge in [0.25, 0.3) is 0 Å². The van der Waals surface area contributed by atoms with E-state index in [1.165, 1.54) is 51.4 Å². The standard InChI is InChI=1S/C36H65N5O2/c1-9-18-30(33(37)42)41(25-29-21-14-15-22-36(29,7)8)34(43)32(35(4,5)6)38-26(2)31(28-19-12-10-13-20-28)39-27(3)40-23-16-11-17-24-40/h28-32,38-39H,2-3,9-25H2,1,4-8H3,(H2,37,42)/t29-,30?,31?,32?/m1/s1. The van der Waals surface area contributed by atoms with E-state index in [-0.39, 0.29) is 17.4 Å². The van der Waals surface area contributed by atoms with Crippen molar-refractivity contribution < 1.29 is 9.59 Å².